The van der Waals surface area contributed by atoms with Gasteiger partial charge in [-0.25, -0.2) is 18.1 Å². The first-order chi connectivity index (χ1) is 9.06. The summed E-state index contributed by atoms with van der Waals surface area (Å²) in [5.74, 6) is 0.157. The third kappa shape index (κ3) is 3.23. The van der Waals surface area contributed by atoms with Crippen LogP contribution in [0.2, 0.25) is 0 Å². The van der Waals surface area contributed by atoms with E-state index in [0.29, 0.717) is 6.61 Å². The monoisotopic (exact) mass is 285 g/mol. The zero-order valence-corrected chi connectivity index (χ0v) is 12.0. The number of likely N-dealkylation sites (tertiary alicyclic amines) is 1. The van der Waals surface area contributed by atoms with Crippen LogP contribution in [0.4, 0.5) is 0 Å². The summed E-state index contributed by atoms with van der Waals surface area (Å²) in [6.07, 6.45) is 1.52. The van der Waals surface area contributed by atoms with E-state index in [-0.39, 0.29) is 16.8 Å². The highest BCUT2D eigenvalue weighted by Crippen LogP contribution is 2.21. The van der Waals surface area contributed by atoms with Crippen LogP contribution in [-0.4, -0.2) is 50.6 Å². The highest BCUT2D eigenvalue weighted by molar-refractivity contribution is 7.89. The zero-order chi connectivity index (χ0) is 13.9. The van der Waals surface area contributed by atoms with Gasteiger partial charge in [0.1, 0.15) is 4.90 Å². The third-order valence-corrected chi connectivity index (χ3v) is 4.57. The maximum absolute atomic E-state index is 12.3. The quantitative estimate of drug-likeness (QED) is 0.822. The molecule has 2 heterocycles. The van der Waals surface area contributed by atoms with Crippen molar-refractivity contribution in [2.24, 2.45) is 0 Å². The van der Waals surface area contributed by atoms with Crippen LogP contribution in [0.25, 0.3) is 0 Å². The number of hydrogen-bond acceptors (Lipinski definition) is 5. The van der Waals surface area contributed by atoms with Gasteiger partial charge in [0.25, 0.3) is 0 Å². The van der Waals surface area contributed by atoms with Crippen molar-refractivity contribution in [3.8, 4) is 5.88 Å². The average molecular weight is 285 g/mol. The number of ether oxygens (including phenoxy) is 1. The molecule has 1 N–H and O–H groups in total. The number of pyridine rings is 1. The summed E-state index contributed by atoms with van der Waals surface area (Å²) in [4.78, 5) is 6.24. The summed E-state index contributed by atoms with van der Waals surface area (Å²) in [5, 5.41) is 0. The second kappa shape index (κ2) is 5.85. The highest BCUT2D eigenvalue weighted by Gasteiger charge is 2.31. The summed E-state index contributed by atoms with van der Waals surface area (Å²) < 4.78 is 32.5. The smallest absolute Gasteiger partial charge is 0.246 e. The molecule has 0 aromatic carbocycles. The van der Waals surface area contributed by atoms with Gasteiger partial charge in [-0.3, -0.25) is 0 Å². The molecule has 0 spiro atoms. The lowest BCUT2D eigenvalue weighted by molar-refractivity contribution is 0.149. The van der Waals surface area contributed by atoms with Crippen LogP contribution < -0.4 is 9.46 Å². The molecule has 1 aromatic heterocycles. The first-order valence-electron chi connectivity index (χ1n) is 6.39. The minimum absolute atomic E-state index is 0.0281. The third-order valence-electron chi connectivity index (χ3n) is 3.03. The van der Waals surface area contributed by atoms with Crippen LogP contribution in [-0.2, 0) is 10.0 Å². The maximum atomic E-state index is 12.3. The Morgan fingerprint density at radius 2 is 2.21 bits per heavy atom. The number of hydrogen-bond donors (Lipinski definition) is 1. The van der Waals surface area contributed by atoms with Crippen molar-refractivity contribution < 1.29 is 13.2 Å². The fourth-order valence-corrected chi connectivity index (χ4v) is 3.33. The molecule has 7 heteroatoms. The lowest BCUT2D eigenvalue weighted by Crippen LogP contribution is -2.58. The Morgan fingerprint density at radius 3 is 2.84 bits per heavy atom. The van der Waals surface area contributed by atoms with Crippen LogP contribution in [0, 0.1) is 0 Å². The molecule has 1 saturated heterocycles. The molecule has 0 aliphatic carbocycles. The van der Waals surface area contributed by atoms with Crippen LogP contribution in [0.1, 0.15) is 13.8 Å². The van der Waals surface area contributed by atoms with Gasteiger partial charge in [0.2, 0.25) is 15.9 Å². The Morgan fingerprint density at radius 1 is 1.47 bits per heavy atom. The minimum atomic E-state index is -3.57. The van der Waals surface area contributed by atoms with Gasteiger partial charge in [0.05, 0.1) is 6.61 Å². The van der Waals surface area contributed by atoms with E-state index in [1.165, 1.54) is 12.3 Å². The number of aromatic nitrogens is 1. The van der Waals surface area contributed by atoms with E-state index in [2.05, 4.69) is 21.5 Å². The lowest BCUT2D eigenvalue weighted by Gasteiger charge is -2.38. The molecule has 106 valence electrons. The van der Waals surface area contributed by atoms with Crippen LogP contribution in [0.15, 0.2) is 23.2 Å². The average Bonchev–Trinajstić information content (AvgIpc) is 2.34. The molecule has 1 aliphatic rings. The van der Waals surface area contributed by atoms with Gasteiger partial charge in [-0.15, -0.1) is 0 Å². The molecule has 0 radical (unpaired) electrons. The van der Waals surface area contributed by atoms with E-state index in [0.717, 1.165) is 19.6 Å². The van der Waals surface area contributed by atoms with Gasteiger partial charge in [0.15, 0.2) is 0 Å². The molecule has 0 saturated carbocycles. The molecule has 1 fully saturated rings. The summed E-state index contributed by atoms with van der Waals surface area (Å²) >= 11 is 0. The van der Waals surface area contributed by atoms with Gasteiger partial charge in [0, 0.05) is 25.3 Å². The standard InChI is InChI=1S/C12H19N3O3S/c1-3-15-8-10(9-15)14-19(16,17)11-6-5-7-13-12(11)18-4-2/h5-7,10,14H,3-4,8-9H2,1-2H3. The fourth-order valence-electron chi connectivity index (χ4n) is 2.01. The van der Waals surface area contributed by atoms with Crippen molar-refractivity contribution in [1.29, 1.82) is 0 Å². The molecule has 0 atom stereocenters. The van der Waals surface area contributed by atoms with Gasteiger partial charge in [-0.1, -0.05) is 6.92 Å². The molecule has 0 amide bonds. The molecular formula is C12H19N3O3S. The summed E-state index contributed by atoms with van der Waals surface area (Å²) in [7, 11) is -3.57. The zero-order valence-electron chi connectivity index (χ0n) is 11.2. The predicted molar refractivity (Wildman–Crippen MR) is 71.6 cm³/mol. The van der Waals surface area contributed by atoms with Gasteiger partial charge in [-0.2, -0.15) is 0 Å². The van der Waals surface area contributed by atoms with Gasteiger partial charge < -0.3 is 9.64 Å². The van der Waals surface area contributed by atoms with Crippen molar-refractivity contribution in [3.63, 3.8) is 0 Å². The Labute approximate surface area is 113 Å². The second-order valence-corrected chi connectivity index (χ2v) is 6.09. The SMILES string of the molecule is CCOc1ncccc1S(=O)(=O)NC1CN(CC)C1. The Hall–Kier alpha value is -1.18. The first kappa shape index (κ1) is 14.2. The van der Waals surface area contributed by atoms with E-state index in [9.17, 15) is 8.42 Å². The molecule has 19 heavy (non-hydrogen) atoms. The highest BCUT2D eigenvalue weighted by atomic mass is 32.2. The van der Waals surface area contributed by atoms with Crippen LogP contribution in [0.3, 0.4) is 0 Å². The molecule has 1 aliphatic heterocycles. The van der Waals surface area contributed by atoms with E-state index in [4.69, 9.17) is 4.74 Å². The van der Waals surface area contributed by atoms with E-state index in [1.54, 1.807) is 13.0 Å². The van der Waals surface area contributed by atoms with Crippen molar-refractivity contribution in [2.75, 3.05) is 26.2 Å². The van der Waals surface area contributed by atoms with E-state index >= 15 is 0 Å². The summed E-state index contributed by atoms with van der Waals surface area (Å²) in [6.45, 7) is 6.67. The molecule has 0 unspecified atom stereocenters. The van der Waals surface area contributed by atoms with Crippen molar-refractivity contribution in [3.05, 3.63) is 18.3 Å². The molecule has 6 nitrogen and oxygen atoms in total. The number of rotatable bonds is 6. The largest absolute Gasteiger partial charge is 0.477 e. The predicted octanol–water partition coefficient (Wildman–Crippen LogP) is 0.463. The van der Waals surface area contributed by atoms with E-state index < -0.39 is 10.0 Å². The summed E-state index contributed by atoms with van der Waals surface area (Å²) in [6, 6.07) is 3.08. The number of nitrogens with one attached hydrogen (secondary N) is 1. The van der Waals surface area contributed by atoms with Crippen LogP contribution in [0.5, 0.6) is 5.88 Å². The fraction of sp³-hybridized carbons (Fsp3) is 0.583. The van der Waals surface area contributed by atoms with E-state index in [1.807, 2.05) is 0 Å². The maximum Gasteiger partial charge on any atom is 0.246 e. The number of sulfonamides is 1. The topological polar surface area (TPSA) is 71.5 Å². The molecule has 1 aromatic rings. The van der Waals surface area contributed by atoms with Crippen molar-refractivity contribution in [1.82, 2.24) is 14.6 Å². The molecule has 0 bridgehead atoms. The lowest BCUT2D eigenvalue weighted by atomic mass is 10.1. The normalized spacial score (nSPS) is 17.2. The minimum Gasteiger partial charge on any atom is -0.477 e. The summed E-state index contributed by atoms with van der Waals surface area (Å²) in [5.41, 5.74) is 0. The Balaban J connectivity index is 2.11. The molecular weight excluding hydrogens is 266 g/mol. The second-order valence-electron chi connectivity index (χ2n) is 4.41. The Bertz CT molecular complexity index is 527. The van der Waals surface area contributed by atoms with Crippen LogP contribution >= 0.6 is 0 Å². The van der Waals surface area contributed by atoms with Crippen molar-refractivity contribution in [2.45, 2.75) is 24.8 Å². The van der Waals surface area contributed by atoms with Gasteiger partial charge >= 0.3 is 0 Å². The first-order valence-corrected chi connectivity index (χ1v) is 7.87. The van der Waals surface area contributed by atoms with Gasteiger partial charge in [-0.05, 0) is 25.6 Å². The number of nitrogens with zero attached hydrogens (tertiary/aromatic N) is 2. The number of likely N-dealkylation sites (N-methyl/N-ethyl adjacent to an activating group) is 1. The molecule has 2 rings (SSSR count). The Kier molecular flexibility index (Phi) is 4.38. The van der Waals surface area contributed by atoms with Crippen molar-refractivity contribution >= 4 is 10.0 Å².